The Morgan fingerprint density at radius 1 is 1.64 bits per heavy atom. The van der Waals surface area contributed by atoms with Gasteiger partial charge in [-0.2, -0.15) is 0 Å². The Kier molecular flexibility index (Phi) is 3.60. The number of thiophene rings is 1. The van der Waals surface area contributed by atoms with Crippen LogP contribution in [0.5, 0.6) is 0 Å². The lowest BCUT2D eigenvalue weighted by Crippen LogP contribution is -2.30. The lowest BCUT2D eigenvalue weighted by Gasteiger charge is -2.29. The summed E-state index contributed by atoms with van der Waals surface area (Å²) in [5.74, 6) is 6.48. The van der Waals surface area contributed by atoms with E-state index in [0.29, 0.717) is 6.04 Å². The van der Waals surface area contributed by atoms with Gasteiger partial charge in [0.1, 0.15) is 0 Å². The Morgan fingerprint density at radius 3 is 2.86 bits per heavy atom. The zero-order valence-corrected chi connectivity index (χ0v) is 10.4. The molecule has 1 aliphatic rings. The van der Waals surface area contributed by atoms with Gasteiger partial charge in [0.15, 0.2) is 0 Å². The van der Waals surface area contributed by atoms with E-state index in [-0.39, 0.29) is 0 Å². The zero-order valence-electron chi connectivity index (χ0n) is 8.00. The van der Waals surface area contributed by atoms with Crippen molar-refractivity contribution in [2.24, 2.45) is 11.8 Å². The minimum Gasteiger partial charge on any atom is -0.271 e. The first-order chi connectivity index (χ1) is 6.81. The molecule has 0 aliphatic heterocycles. The molecular formula is C10H15BrN2S. The maximum Gasteiger partial charge on any atom is 0.0567 e. The molecule has 0 saturated heterocycles. The van der Waals surface area contributed by atoms with E-state index in [2.05, 4.69) is 32.8 Å². The summed E-state index contributed by atoms with van der Waals surface area (Å²) in [6.07, 6.45) is 5.32. The van der Waals surface area contributed by atoms with Crippen molar-refractivity contribution in [1.82, 2.24) is 5.43 Å². The Bertz CT molecular complexity index is 296. The third kappa shape index (κ3) is 2.19. The molecule has 1 saturated carbocycles. The van der Waals surface area contributed by atoms with E-state index in [1.807, 2.05) is 0 Å². The fourth-order valence-corrected chi connectivity index (χ4v) is 3.59. The van der Waals surface area contributed by atoms with Crippen LogP contribution in [-0.4, -0.2) is 0 Å². The van der Waals surface area contributed by atoms with Gasteiger partial charge in [0.2, 0.25) is 0 Å². The number of hydrazine groups is 1. The lowest BCUT2D eigenvalue weighted by atomic mass is 9.81. The van der Waals surface area contributed by atoms with Crippen molar-refractivity contribution in [3.8, 4) is 0 Å². The van der Waals surface area contributed by atoms with Crippen molar-refractivity contribution in [3.63, 3.8) is 0 Å². The minimum atomic E-state index is 0.328. The van der Waals surface area contributed by atoms with Crippen molar-refractivity contribution in [2.45, 2.75) is 31.7 Å². The second-order valence-electron chi connectivity index (χ2n) is 3.88. The molecule has 0 aromatic carbocycles. The first-order valence-electron chi connectivity index (χ1n) is 5.00. The van der Waals surface area contributed by atoms with Gasteiger partial charge in [-0.05, 0) is 39.7 Å². The van der Waals surface area contributed by atoms with Gasteiger partial charge in [0.25, 0.3) is 0 Å². The molecule has 0 amide bonds. The van der Waals surface area contributed by atoms with Crippen LogP contribution in [0, 0.1) is 5.92 Å². The summed E-state index contributed by atoms with van der Waals surface area (Å²) in [5.41, 5.74) is 2.92. The van der Waals surface area contributed by atoms with Gasteiger partial charge in [-0.1, -0.05) is 19.3 Å². The van der Waals surface area contributed by atoms with Crippen molar-refractivity contribution in [2.75, 3.05) is 0 Å². The number of hydrogen-bond acceptors (Lipinski definition) is 3. The predicted molar refractivity (Wildman–Crippen MR) is 64.0 cm³/mol. The summed E-state index contributed by atoms with van der Waals surface area (Å²) in [6, 6.07) is 2.42. The van der Waals surface area contributed by atoms with E-state index in [9.17, 15) is 0 Å². The monoisotopic (exact) mass is 274 g/mol. The number of hydrogen-bond donors (Lipinski definition) is 2. The Hall–Kier alpha value is 0.100. The summed E-state index contributed by atoms with van der Waals surface area (Å²) >= 11 is 5.32. The van der Waals surface area contributed by atoms with E-state index in [0.717, 1.165) is 5.92 Å². The highest BCUT2D eigenvalue weighted by Crippen LogP contribution is 2.38. The molecule has 0 radical (unpaired) electrons. The van der Waals surface area contributed by atoms with Gasteiger partial charge in [-0.3, -0.25) is 11.3 Å². The van der Waals surface area contributed by atoms with Crippen molar-refractivity contribution >= 4 is 27.3 Å². The molecule has 1 aromatic rings. The topological polar surface area (TPSA) is 38.0 Å². The summed E-state index contributed by atoms with van der Waals surface area (Å²) in [7, 11) is 0. The smallest absolute Gasteiger partial charge is 0.0567 e. The Labute approximate surface area is 97.0 Å². The molecular weight excluding hydrogens is 260 g/mol. The largest absolute Gasteiger partial charge is 0.271 e. The number of halogens is 1. The Balaban J connectivity index is 2.01. The van der Waals surface area contributed by atoms with Crippen LogP contribution in [0.1, 0.15) is 36.6 Å². The van der Waals surface area contributed by atoms with Gasteiger partial charge in [-0.15, -0.1) is 11.3 Å². The van der Waals surface area contributed by atoms with Crippen LogP contribution < -0.4 is 11.3 Å². The second kappa shape index (κ2) is 4.75. The minimum absolute atomic E-state index is 0.328. The van der Waals surface area contributed by atoms with Crippen LogP contribution >= 0.6 is 27.3 Å². The molecule has 3 N–H and O–H groups in total. The summed E-state index contributed by atoms with van der Waals surface area (Å²) in [5, 5.41) is 2.10. The van der Waals surface area contributed by atoms with Gasteiger partial charge in [0.05, 0.1) is 6.04 Å². The van der Waals surface area contributed by atoms with Crippen LogP contribution in [0.2, 0.25) is 0 Å². The van der Waals surface area contributed by atoms with Crippen LogP contribution in [0.15, 0.2) is 15.9 Å². The lowest BCUT2D eigenvalue weighted by molar-refractivity contribution is 0.263. The fourth-order valence-electron chi connectivity index (χ4n) is 1.87. The molecule has 1 aliphatic carbocycles. The van der Waals surface area contributed by atoms with Crippen molar-refractivity contribution < 1.29 is 0 Å². The summed E-state index contributed by atoms with van der Waals surface area (Å²) < 4.78 is 1.18. The normalized spacial score (nSPS) is 19.3. The van der Waals surface area contributed by atoms with E-state index in [4.69, 9.17) is 5.84 Å². The van der Waals surface area contributed by atoms with Crippen LogP contribution in [0.25, 0.3) is 0 Å². The first kappa shape index (κ1) is 10.6. The summed E-state index contributed by atoms with van der Waals surface area (Å²) in [6.45, 7) is 0. The van der Waals surface area contributed by atoms with Gasteiger partial charge in [-0.25, -0.2) is 0 Å². The van der Waals surface area contributed by atoms with Gasteiger partial charge >= 0.3 is 0 Å². The summed E-state index contributed by atoms with van der Waals surface area (Å²) in [4.78, 5) is 1.33. The van der Waals surface area contributed by atoms with E-state index in [1.165, 1.54) is 35.0 Å². The van der Waals surface area contributed by atoms with Gasteiger partial charge < -0.3 is 0 Å². The fraction of sp³-hybridized carbons (Fsp3) is 0.600. The molecule has 2 nitrogen and oxygen atoms in total. The zero-order chi connectivity index (χ0) is 9.97. The molecule has 0 bridgehead atoms. The standard InChI is InChI=1S/C10H15BrN2S/c11-8-4-5-14-10(8)9(13-12)6-7-2-1-3-7/h4-5,7,9,13H,1-3,6,12H2. The van der Waals surface area contributed by atoms with E-state index >= 15 is 0 Å². The van der Waals surface area contributed by atoms with Crippen molar-refractivity contribution in [3.05, 3.63) is 20.8 Å². The predicted octanol–water partition coefficient (Wildman–Crippen LogP) is 3.21. The van der Waals surface area contributed by atoms with Crippen LogP contribution in [-0.2, 0) is 0 Å². The molecule has 1 heterocycles. The molecule has 2 rings (SSSR count). The third-order valence-corrected chi connectivity index (χ3v) is 4.94. The first-order valence-corrected chi connectivity index (χ1v) is 6.67. The molecule has 1 aromatic heterocycles. The molecule has 1 fully saturated rings. The highest BCUT2D eigenvalue weighted by molar-refractivity contribution is 9.10. The third-order valence-electron chi connectivity index (χ3n) is 2.96. The van der Waals surface area contributed by atoms with Crippen molar-refractivity contribution in [1.29, 1.82) is 0 Å². The number of nitrogens with two attached hydrogens (primary N) is 1. The van der Waals surface area contributed by atoms with Crippen LogP contribution in [0.3, 0.4) is 0 Å². The number of rotatable bonds is 4. The second-order valence-corrected chi connectivity index (χ2v) is 5.69. The SMILES string of the molecule is NNC(CC1CCC1)c1sccc1Br. The number of nitrogens with one attached hydrogen (secondary N) is 1. The van der Waals surface area contributed by atoms with Gasteiger partial charge in [0, 0.05) is 9.35 Å². The molecule has 1 atom stereocenters. The molecule has 0 spiro atoms. The highest BCUT2D eigenvalue weighted by atomic mass is 79.9. The van der Waals surface area contributed by atoms with E-state index < -0.39 is 0 Å². The molecule has 14 heavy (non-hydrogen) atoms. The molecule has 4 heteroatoms. The highest BCUT2D eigenvalue weighted by Gasteiger charge is 2.24. The van der Waals surface area contributed by atoms with E-state index in [1.54, 1.807) is 11.3 Å². The Morgan fingerprint density at radius 2 is 2.43 bits per heavy atom. The molecule has 1 unspecified atom stereocenters. The molecule has 78 valence electrons. The quantitative estimate of drug-likeness (QED) is 0.654. The maximum atomic E-state index is 5.60. The average molecular weight is 275 g/mol. The average Bonchev–Trinajstić information content (AvgIpc) is 2.51. The maximum absolute atomic E-state index is 5.60. The van der Waals surface area contributed by atoms with Crippen LogP contribution in [0.4, 0.5) is 0 Å².